The van der Waals surface area contributed by atoms with Crippen LogP contribution in [0.1, 0.15) is 12.5 Å². The predicted octanol–water partition coefficient (Wildman–Crippen LogP) is 2.34. The van der Waals surface area contributed by atoms with E-state index in [0.29, 0.717) is 21.6 Å². The number of hydrogen-bond donors (Lipinski definition) is 0. The number of aromatic nitrogens is 1. The molecule has 9 heteroatoms. The number of para-hydroxylation sites is 1. The monoisotopic (exact) mass is 502 g/mol. The van der Waals surface area contributed by atoms with Crippen LogP contribution in [-0.2, 0) is 11.8 Å². The number of anilines is 1. The Morgan fingerprint density at radius 1 is 1.16 bits per heavy atom. The molecule has 1 fully saturated rings. The Balaban J connectivity index is 0.00000245. The second-order valence-corrected chi connectivity index (χ2v) is 9.69. The van der Waals surface area contributed by atoms with E-state index in [1.165, 1.54) is 11.8 Å². The summed E-state index contributed by atoms with van der Waals surface area (Å²) in [7, 11) is 3.98. The van der Waals surface area contributed by atoms with Gasteiger partial charge in [0.25, 0.3) is 11.1 Å². The molecule has 0 bridgehead atoms. The number of amides is 1. The minimum atomic E-state index is -0.0102. The van der Waals surface area contributed by atoms with Gasteiger partial charge in [-0.15, -0.1) is 0 Å². The SMILES string of the molecule is CCN1C(=O)/C(=C2\C=Cc3ccccc3N2C)S/C1=N\c1sc2cc(Cl)ccc2[n+]1C.[Cl-]. The third-order valence-electron chi connectivity index (χ3n) is 5.46. The highest BCUT2D eigenvalue weighted by atomic mass is 35.5. The molecule has 3 heterocycles. The number of allylic oxidation sites excluding steroid dienone is 1. The lowest BCUT2D eigenvalue weighted by atomic mass is 10.1. The first-order valence-electron chi connectivity index (χ1n) is 9.89. The summed E-state index contributed by atoms with van der Waals surface area (Å²) in [5.41, 5.74) is 4.19. The molecule has 0 N–H and O–H groups in total. The van der Waals surface area contributed by atoms with Crippen LogP contribution < -0.4 is 21.9 Å². The van der Waals surface area contributed by atoms with Gasteiger partial charge in [0.15, 0.2) is 0 Å². The van der Waals surface area contributed by atoms with Crippen LogP contribution in [0.25, 0.3) is 16.3 Å². The number of halogens is 2. The molecule has 164 valence electrons. The molecule has 32 heavy (non-hydrogen) atoms. The van der Waals surface area contributed by atoms with Crippen molar-refractivity contribution >= 4 is 72.9 Å². The summed E-state index contributed by atoms with van der Waals surface area (Å²) in [6, 6.07) is 14.0. The molecule has 3 aromatic rings. The minimum Gasteiger partial charge on any atom is -1.00 e. The highest BCUT2D eigenvalue weighted by Crippen LogP contribution is 2.40. The molecule has 0 unspecified atom stereocenters. The largest absolute Gasteiger partial charge is 1.00 e. The number of carbonyl (C=O) groups is 1. The van der Waals surface area contributed by atoms with E-state index in [9.17, 15) is 4.79 Å². The number of rotatable bonds is 2. The van der Waals surface area contributed by atoms with E-state index in [1.807, 2.05) is 62.0 Å². The number of thioether (sulfide) groups is 1. The standard InChI is InChI=1S/C23H20ClN4OS2.ClH/c1-4-28-21(29)20(18-11-9-14-7-5-6-8-16(14)26(18)2)31-23(28)25-22-27(3)17-12-10-15(24)13-19(17)30-22;/h5-13H,4H2,1-3H3;1H/q+1;/p-1/b20-18-;. The molecular weight excluding hydrogens is 483 g/mol. The molecule has 0 radical (unpaired) electrons. The third kappa shape index (κ3) is 3.73. The van der Waals surface area contributed by atoms with Gasteiger partial charge < -0.3 is 17.3 Å². The van der Waals surface area contributed by atoms with E-state index in [0.717, 1.165) is 32.3 Å². The molecular formula is C23H20Cl2N4OS2. The zero-order chi connectivity index (χ0) is 21.7. The maximum absolute atomic E-state index is 13.3. The van der Waals surface area contributed by atoms with Gasteiger partial charge in [0.2, 0.25) is 0 Å². The van der Waals surface area contributed by atoms with Crippen LogP contribution >= 0.6 is 34.7 Å². The van der Waals surface area contributed by atoms with E-state index < -0.39 is 0 Å². The first-order chi connectivity index (χ1) is 15.0. The number of aliphatic imine (C=N–C) groups is 1. The predicted molar refractivity (Wildman–Crippen MR) is 131 cm³/mol. The molecule has 2 aliphatic rings. The normalized spacial score (nSPS) is 19.1. The Bertz CT molecular complexity index is 1330. The average molecular weight is 503 g/mol. The number of hydrogen-bond acceptors (Lipinski definition) is 5. The Kier molecular flexibility index (Phi) is 6.36. The molecule has 0 saturated carbocycles. The quantitative estimate of drug-likeness (QED) is 0.398. The molecule has 0 atom stereocenters. The Morgan fingerprint density at radius 3 is 2.72 bits per heavy atom. The summed E-state index contributed by atoms with van der Waals surface area (Å²) in [5, 5.41) is 2.23. The second kappa shape index (κ2) is 8.90. The van der Waals surface area contributed by atoms with Crippen LogP contribution in [0.3, 0.4) is 0 Å². The molecule has 1 saturated heterocycles. The van der Waals surface area contributed by atoms with Crippen molar-refractivity contribution in [2.75, 3.05) is 18.5 Å². The highest BCUT2D eigenvalue weighted by molar-refractivity contribution is 8.18. The van der Waals surface area contributed by atoms with Gasteiger partial charge in [-0.1, -0.05) is 35.9 Å². The number of likely N-dealkylation sites (N-methyl/N-ethyl adjacent to an activating group) is 2. The first-order valence-corrected chi connectivity index (χ1v) is 11.9. The van der Waals surface area contributed by atoms with E-state index in [2.05, 4.69) is 23.1 Å². The zero-order valence-corrected chi connectivity index (χ0v) is 20.8. The fourth-order valence-corrected chi connectivity index (χ4v) is 6.29. The van der Waals surface area contributed by atoms with Gasteiger partial charge in [0.05, 0.1) is 17.4 Å². The van der Waals surface area contributed by atoms with Crippen LogP contribution in [0.5, 0.6) is 0 Å². The number of thiazole rings is 1. The van der Waals surface area contributed by atoms with Crippen LogP contribution in [0, 0.1) is 0 Å². The van der Waals surface area contributed by atoms with Crippen molar-refractivity contribution in [3.63, 3.8) is 0 Å². The van der Waals surface area contributed by atoms with Gasteiger partial charge >= 0.3 is 5.13 Å². The molecule has 5 nitrogen and oxygen atoms in total. The summed E-state index contributed by atoms with van der Waals surface area (Å²) < 4.78 is 3.10. The Labute approximate surface area is 206 Å². The summed E-state index contributed by atoms with van der Waals surface area (Å²) in [6.07, 6.45) is 4.08. The fourth-order valence-electron chi connectivity index (χ4n) is 3.79. The summed E-state index contributed by atoms with van der Waals surface area (Å²) >= 11 is 9.16. The molecule has 2 aromatic carbocycles. The second-order valence-electron chi connectivity index (χ2n) is 7.27. The molecule has 5 rings (SSSR count). The van der Waals surface area contributed by atoms with E-state index in [-0.39, 0.29) is 18.3 Å². The average Bonchev–Trinajstić information content (AvgIpc) is 3.24. The minimum absolute atomic E-state index is 0. The zero-order valence-electron chi connectivity index (χ0n) is 17.7. The van der Waals surface area contributed by atoms with Gasteiger partial charge in [-0.3, -0.25) is 9.69 Å². The van der Waals surface area contributed by atoms with E-state index in [1.54, 1.807) is 16.2 Å². The van der Waals surface area contributed by atoms with Crippen molar-refractivity contribution in [2.24, 2.45) is 12.0 Å². The third-order valence-corrected chi connectivity index (χ3v) is 7.87. The maximum Gasteiger partial charge on any atom is 0.385 e. The number of fused-ring (bicyclic) bond motifs is 2. The van der Waals surface area contributed by atoms with Crippen LogP contribution in [0.4, 0.5) is 10.8 Å². The van der Waals surface area contributed by atoms with Gasteiger partial charge in [-0.2, -0.15) is 0 Å². The van der Waals surface area contributed by atoms with Crippen molar-refractivity contribution in [3.05, 3.63) is 69.7 Å². The van der Waals surface area contributed by atoms with Crippen molar-refractivity contribution in [3.8, 4) is 0 Å². The fraction of sp³-hybridized carbons (Fsp3) is 0.174. The highest BCUT2D eigenvalue weighted by Gasteiger charge is 2.39. The number of aryl methyl sites for hydroxylation is 1. The van der Waals surface area contributed by atoms with Gasteiger partial charge in [0, 0.05) is 24.3 Å². The van der Waals surface area contributed by atoms with Crippen LogP contribution in [0.2, 0.25) is 5.02 Å². The number of carbonyl (C=O) groups excluding carboxylic acids is 1. The van der Waals surface area contributed by atoms with Crippen LogP contribution in [-0.4, -0.2) is 29.6 Å². The topological polar surface area (TPSA) is 39.8 Å². The summed E-state index contributed by atoms with van der Waals surface area (Å²) in [6.45, 7) is 2.54. The van der Waals surface area contributed by atoms with E-state index >= 15 is 0 Å². The Hall–Kier alpha value is -2.32. The van der Waals surface area contributed by atoms with E-state index in [4.69, 9.17) is 16.6 Å². The number of amidine groups is 1. The molecule has 0 aliphatic carbocycles. The van der Waals surface area contributed by atoms with Crippen molar-refractivity contribution in [1.82, 2.24) is 4.90 Å². The Morgan fingerprint density at radius 2 is 1.94 bits per heavy atom. The van der Waals surface area contributed by atoms with Crippen molar-refractivity contribution in [2.45, 2.75) is 6.92 Å². The van der Waals surface area contributed by atoms with Gasteiger partial charge in [-0.05, 0) is 70.9 Å². The molecule has 1 aromatic heterocycles. The summed E-state index contributed by atoms with van der Waals surface area (Å²) in [4.78, 5) is 22.7. The molecule has 2 aliphatic heterocycles. The lowest BCUT2D eigenvalue weighted by Gasteiger charge is -2.27. The molecule has 0 spiro atoms. The lowest BCUT2D eigenvalue weighted by molar-refractivity contribution is -0.627. The first kappa shape index (κ1) is 22.9. The molecule has 1 amide bonds. The smallest absolute Gasteiger partial charge is 0.385 e. The summed E-state index contributed by atoms with van der Waals surface area (Å²) in [5.74, 6) is -0.0102. The van der Waals surface area contributed by atoms with Crippen molar-refractivity contribution < 1.29 is 21.8 Å². The van der Waals surface area contributed by atoms with Crippen molar-refractivity contribution in [1.29, 1.82) is 0 Å². The number of nitrogens with zero attached hydrogens (tertiary/aromatic N) is 4. The number of benzene rings is 2. The van der Waals surface area contributed by atoms with Crippen LogP contribution in [0.15, 0.2) is 64.1 Å². The van der Waals surface area contributed by atoms with Gasteiger partial charge in [0.1, 0.15) is 10.4 Å². The van der Waals surface area contributed by atoms with Gasteiger partial charge in [-0.25, -0.2) is 4.57 Å². The maximum atomic E-state index is 13.3. The lowest BCUT2D eigenvalue weighted by Crippen LogP contribution is -3.00.